The van der Waals surface area contributed by atoms with Crippen molar-refractivity contribution in [2.24, 2.45) is 0 Å². The predicted octanol–water partition coefficient (Wildman–Crippen LogP) is 4.14. The van der Waals surface area contributed by atoms with E-state index in [1.54, 1.807) is 49.5 Å². The largest absolute Gasteiger partial charge is 0.368 e. The predicted molar refractivity (Wildman–Crippen MR) is 142 cm³/mol. The summed E-state index contributed by atoms with van der Waals surface area (Å²) in [4.78, 5) is 21.3. The number of halogens is 1. The maximum Gasteiger partial charge on any atom is 0.263 e. The summed E-state index contributed by atoms with van der Waals surface area (Å²) in [6, 6.07) is 12.8. The molecule has 0 unspecified atom stereocenters. The number of sulfonamides is 1. The van der Waals surface area contributed by atoms with Gasteiger partial charge in [-0.05, 0) is 56.3 Å². The van der Waals surface area contributed by atoms with E-state index in [4.69, 9.17) is 0 Å². The molecule has 0 radical (unpaired) electrons. The first kappa shape index (κ1) is 24.2. The molecule has 9 nitrogen and oxygen atoms in total. The number of aryl methyl sites for hydroxylation is 1. The zero-order valence-electron chi connectivity index (χ0n) is 19.8. The molecule has 1 atom stereocenters. The van der Waals surface area contributed by atoms with Gasteiger partial charge in [0.05, 0.1) is 10.4 Å². The number of carbonyl (C=O) groups is 1. The maximum atomic E-state index is 14.1. The van der Waals surface area contributed by atoms with Crippen molar-refractivity contribution in [2.75, 3.05) is 35.8 Å². The average Bonchev–Trinajstić information content (AvgIpc) is 3.49. The molecule has 5 rings (SSSR count). The minimum atomic E-state index is -3.76. The van der Waals surface area contributed by atoms with Gasteiger partial charge in [0.25, 0.3) is 10.0 Å². The standard InChI is InChI=1S/C24H25FN6O3S2.2H2/c1-16(31-11-10-20-21(25)4-3-5-22(20)31)23(32)30-14-12-29(13-15-30)18-6-8-19(9-7-18)36(33,34)28-24-26-17(2)27-35-24;;/h3-11,16H,12-15H2,1-2H3,(H,26,27,28);2*1H/t16-;;/m1../s1. The van der Waals surface area contributed by atoms with Gasteiger partial charge in [-0.15, -0.1) is 0 Å². The van der Waals surface area contributed by atoms with E-state index in [1.165, 1.54) is 6.07 Å². The Hall–Kier alpha value is -3.51. The van der Waals surface area contributed by atoms with E-state index in [-0.39, 0.29) is 24.6 Å². The summed E-state index contributed by atoms with van der Waals surface area (Å²) in [5, 5.41) is 0.728. The van der Waals surface area contributed by atoms with Crippen LogP contribution in [0, 0.1) is 12.7 Å². The van der Waals surface area contributed by atoms with Gasteiger partial charge in [-0.3, -0.25) is 9.52 Å². The molecule has 4 aromatic rings. The Kier molecular flexibility index (Phi) is 6.39. The number of anilines is 2. The highest BCUT2D eigenvalue weighted by atomic mass is 32.2. The van der Waals surface area contributed by atoms with E-state index in [0.717, 1.165) is 17.2 Å². The molecule has 192 valence electrons. The van der Waals surface area contributed by atoms with Crippen molar-refractivity contribution in [3.8, 4) is 0 Å². The van der Waals surface area contributed by atoms with Crippen LogP contribution in [-0.4, -0.2) is 59.3 Å². The third-order valence-corrected chi connectivity index (χ3v) is 8.54. The molecule has 3 heterocycles. The third-order valence-electron chi connectivity index (χ3n) is 6.34. The summed E-state index contributed by atoms with van der Waals surface area (Å²) in [5.74, 6) is 0.191. The van der Waals surface area contributed by atoms with Crippen LogP contribution in [-0.2, 0) is 14.8 Å². The summed E-state index contributed by atoms with van der Waals surface area (Å²) < 4.78 is 47.5. The van der Waals surface area contributed by atoms with E-state index in [0.29, 0.717) is 42.9 Å². The number of fused-ring (bicyclic) bond motifs is 1. The molecule has 0 bridgehead atoms. The Morgan fingerprint density at radius 1 is 1.11 bits per heavy atom. The van der Waals surface area contributed by atoms with Crippen molar-refractivity contribution in [2.45, 2.75) is 24.8 Å². The van der Waals surface area contributed by atoms with E-state index in [1.807, 2.05) is 22.5 Å². The highest BCUT2D eigenvalue weighted by molar-refractivity contribution is 7.93. The van der Waals surface area contributed by atoms with Crippen molar-refractivity contribution < 1.29 is 20.5 Å². The first-order valence-corrected chi connectivity index (χ1v) is 13.7. The summed E-state index contributed by atoms with van der Waals surface area (Å²) in [6.45, 7) is 5.83. The fourth-order valence-corrected chi connectivity index (χ4v) is 6.20. The first-order chi connectivity index (χ1) is 17.2. The minimum Gasteiger partial charge on any atom is -0.368 e. The summed E-state index contributed by atoms with van der Waals surface area (Å²) in [7, 11) is -3.76. The summed E-state index contributed by atoms with van der Waals surface area (Å²) in [6.07, 6.45) is 1.75. The number of hydrogen-bond donors (Lipinski definition) is 1. The van der Waals surface area contributed by atoms with Gasteiger partial charge in [0.1, 0.15) is 17.7 Å². The molecule has 1 fully saturated rings. The quantitative estimate of drug-likeness (QED) is 0.401. The van der Waals surface area contributed by atoms with Crippen LogP contribution in [0.4, 0.5) is 15.2 Å². The van der Waals surface area contributed by atoms with Crippen LogP contribution in [0.25, 0.3) is 10.9 Å². The Morgan fingerprint density at radius 3 is 2.50 bits per heavy atom. The van der Waals surface area contributed by atoms with Crippen molar-refractivity contribution in [3.05, 3.63) is 66.4 Å². The number of carbonyl (C=O) groups excluding carboxylic acids is 1. The fourth-order valence-electron chi connectivity index (χ4n) is 4.41. The second-order valence-electron chi connectivity index (χ2n) is 8.63. The third kappa shape index (κ3) is 4.65. The zero-order valence-corrected chi connectivity index (χ0v) is 21.4. The molecular formula is C24H29FN6O3S2. The van der Waals surface area contributed by atoms with Gasteiger partial charge >= 0.3 is 0 Å². The molecule has 1 aliphatic heterocycles. The topological polar surface area (TPSA) is 100 Å². The van der Waals surface area contributed by atoms with Crippen LogP contribution >= 0.6 is 11.5 Å². The van der Waals surface area contributed by atoms with Gasteiger partial charge in [0.2, 0.25) is 11.0 Å². The van der Waals surface area contributed by atoms with Crippen LogP contribution in [0.3, 0.4) is 0 Å². The molecule has 1 amide bonds. The Labute approximate surface area is 215 Å². The lowest BCUT2D eigenvalue weighted by Crippen LogP contribution is -2.50. The molecule has 12 heteroatoms. The Bertz CT molecular complexity index is 1520. The SMILES string of the molecule is Cc1nsc(NS(=O)(=O)c2ccc(N3CCN(C(=O)[C@@H](C)n4ccc5c(F)cccc54)CC3)cc2)n1.[HH].[HH]. The van der Waals surface area contributed by atoms with Crippen LogP contribution < -0.4 is 9.62 Å². The number of rotatable bonds is 6. The zero-order chi connectivity index (χ0) is 25.4. The van der Waals surface area contributed by atoms with Crippen LogP contribution in [0.5, 0.6) is 0 Å². The monoisotopic (exact) mass is 532 g/mol. The number of piperazine rings is 1. The molecule has 0 saturated carbocycles. The van der Waals surface area contributed by atoms with Gasteiger partial charge in [-0.1, -0.05) is 6.07 Å². The van der Waals surface area contributed by atoms with Crippen molar-refractivity contribution in [1.82, 2.24) is 18.8 Å². The highest BCUT2D eigenvalue weighted by Crippen LogP contribution is 2.25. The molecular weight excluding hydrogens is 503 g/mol. The Morgan fingerprint density at radius 2 is 1.83 bits per heavy atom. The molecule has 0 aliphatic carbocycles. The smallest absolute Gasteiger partial charge is 0.263 e. The number of nitrogens with one attached hydrogen (secondary N) is 1. The minimum absolute atomic E-state index is 0. The van der Waals surface area contributed by atoms with Crippen LogP contribution in [0.15, 0.2) is 59.6 Å². The Balaban J connectivity index is 0.00000200. The molecule has 1 aliphatic rings. The second kappa shape index (κ2) is 9.51. The lowest BCUT2D eigenvalue weighted by Gasteiger charge is -2.37. The maximum absolute atomic E-state index is 14.1. The van der Waals surface area contributed by atoms with E-state index < -0.39 is 16.1 Å². The van der Waals surface area contributed by atoms with E-state index in [9.17, 15) is 17.6 Å². The van der Waals surface area contributed by atoms with Gasteiger partial charge in [-0.2, -0.15) is 4.37 Å². The number of aromatic nitrogens is 3. The summed E-state index contributed by atoms with van der Waals surface area (Å²) >= 11 is 0.991. The number of hydrogen-bond acceptors (Lipinski definition) is 7. The average molecular weight is 533 g/mol. The van der Waals surface area contributed by atoms with Gasteiger partial charge in [-0.25, -0.2) is 17.8 Å². The molecule has 36 heavy (non-hydrogen) atoms. The first-order valence-electron chi connectivity index (χ1n) is 11.4. The van der Waals surface area contributed by atoms with Crippen molar-refractivity contribution in [3.63, 3.8) is 0 Å². The van der Waals surface area contributed by atoms with Crippen LogP contribution in [0.2, 0.25) is 0 Å². The summed E-state index contributed by atoms with van der Waals surface area (Å²) in [5.41, 5.74) is 1.58. The second-order valence-corrected chi connectivity index (χ2v) is 11.1. The van der Waals surface area contributed by atoms with Crippen molar-refractivity contribution >= 4 is 49.2 Å². The number of benzene rings is 2. The van der Waals surface area contributed by atoms with Gasteiger partial charge in [0, 0.05) is 57.8 Å². The number of amides is 1. The normalized spacial score (nSPS) is 15.3. The van der Waals surface area contributed by atoms with E-state index >= 15 is 0 Å². The molecule has 0 spiro atoms. The van der Waals surface area contributed by atoms with Gasteiger partial charge in [0.15, 0.2) is 0 Å². The van der Waals surface area contributed by atoms with Crippen molar-refractivity contribution in [1.29, 1.82) is 0 Å². The van der Waals surface area contributed by atoms with Gasteiger partial charge < -0.3 is 14.4 Å². The molecule has 2 aromatic heterocycles. The lowest BCUT2D eigenvalue weighted by molar-refractivity contribution is -0.134. The molecule has 1 N–H and O–H groups in total. The fraction of sp³-hybridized carbons (Fsp3) is 0.292. The number of nitrogens with zero attached hydrogens (tertiary/aromatic N) is 5. The molecule has 1 saturated heterocycles. The molecule has 2 aromatic carbocycles. The lowest BCUT2D eigenvalue weighted by atomic mass is 10.2. The highest BCUT2D eigenvalue weighted by Gasteiger charge is 2.27. The van der Waals surface area contributed by atoms with E-state index in [2.05, 4.69) is 19.0 Å². The van der Waals surface area contributed by atoms with Crippen LogP contribution in [0.1, 0.15) is 21.6 Å².